The van der Waals surface area contributed by atoms with Crippen LogP contribution in [0.5, 0.6) is 0 Å². The van der Waals surface area contributed by atoms with E-state index in [1.54, 1.807) is 26.6 Å². The molecule has 0 radical (unpaired) electrons. The molecule has 1 spiro atoms. The number of hydrogen-bond donors (Lipinski definition) is 1. The highest BCUT2D eigenvalue weighted by Crippen LogP contribution is 2.66. The molecular formula is C40H44N6O5. The van der Waals surface area contributed by atoms with Crippen LogP contribution < -0.4 is 0 Å². The van der Waals surface area contributed by atoms with E-state index in [9.17, 15) is 9.90 Å². The van der Waals surface area contributed by atoms with Gasteiger partial charge in [0.25, 0.3) is 0 Å². The van der Waals surface area contributed by atoms with E-state index in [2.05, 4.69) is 23.5 Å². The molecular weight excluding hydrogens is 644 g/mol. The number of carbonyl (C=O) groups is 3. The number of likely N-dealkylation sites (tertiary alicyclic amines) is 1. The van der Waals surface area contributed by atoms with Crippen LogP contribution in [0.15, 0.2) is 110 Å². The number of nitrogens with zero attached hydrogens (tertiary/aromatic N) is 6. The van der Waals surface area contributed by atoms with Crippen molar-refractivity contribution in [1.29, 1.82) is 0 Å². The van der Waals surface area contributed by atoms with Gasteiger partial charge in [0.2, 0.25) is 17.7 Å². The normalized spacial score (nSPS) is 27.0. The lowest BCUT2D eigenvalue weighted by molar-refractivity contribution is -0.158. The first kappa shape index (κ1) is 34.3. The maximum Gasteiger partial charge on any atom is 0.250 e. The Morgan fingerprint density at radius 2 is 1.63 bits per heavy atom. The zero-order chi connectivity index (χ0) is 35.9. The molecule has 264 valence electrons. The molecule has 4 heterocycles. The molecule has 0 saturated carbocycles. The van der Waals surface area contributed by atoms with Crippen molar-refractivity contribution in [2.24, 2.45) is 17.8 Å². The van der Waals surface area contributed by atoms with Crippen molar-refractivity contribution in [3.8, 4) is 0 Å². The summed E-state index contributed by atoms with van der Waals surface area (Å²) in [5, 5.41) is 19.6. The van der Waals surface area contributed by atoms with Crippen LogP contribution in [0.2, 0.25) is 0 Å². The van der Waals surface area contributed by atoms with Crippen LogP contribution in [0.25, 0.3) is 11.0 Å². The number of carbonyl (C=O) groups excluding carboxylic acids is 3. The van der Waals surface area contributed by atoms with Crippen molar-refractivity contribution in [3.63, 3.8) is 0 Å². The Morgan fingerprint density at radius 1 is 0.980 bits per heavy atom. The average Bonchev–Trinajstić information content (AvgIpc) is 3.82. The highest BCUT2D eigenvalue weighted by molar-refractivity contribution is 5.99. The largest absolute Gasteiger partial charge is 0.394 e. The Balaban J connectivity index is 1.34. The van der Waals surface area contributed by atoms with Gasteiger partial charge in [-0.3, -0.25) is 14.4 Å². The molecule has 4 aromatic rings. The van der Waals surface area contributed by atoms with Crippen molar-refractivity contribution in [2.75, 3.05) is 19.7 Å². The van der Waals surface area contributed by atoms with Gasteiger partial charge in [0, 0.05) is 19.6 Å². The SMILES string of the molecule is C=CCN(Cn1nnc2ccccc21)C(=O)C1N([C@H](CO)c2ccccc2)C(=O)[C@@H]2[C@H](C(=O)N(CC=C)Cc3ccccc3)[C@@]3(C)OC12CC3C. The van der Waals surface area contributed by atoms with Gasteiger partial charge in [-0.25, -0.2) is 4.68 Å². The summed E-state index contributed by atoms with van der Waals surface area (Å²) in [6.07, 6.45) is 3.70. The monoisotopic (exact) mass is 688 g/mol. The van der Waals surface area contributed by atoms with Gasteiger partial charge in [-0.2, -0.15) is 0 Å². The minimum atomic E-state index is -1.33. The zero-order valence-electron chi connectivity index (χ0n) is 29.0. The van der Waals surface area contributed by atoms with E-state index in [0.717, 1.165) is 11.1 Å². The Bertz CT molecular complexity index is 1950. The summed E-state index contributed by atoms with van der Waals surface area (Å²) in [5.41, 5.74) is 0.700. The number of aromatic nitrogens is 3. The summed E-state index contributed by atoms with van der Waals surface area (Å²) < 4.78 is 8.72. The number of rotatable bonds is 13. The van der Waals surface area contributed by atoms with Crippen molar-refractivity contribution in [3.05, 3.63) is 121 Å². The molecule has 11 heteroatoms. The molecule has 0 aliphatic carbocycles. The van der Waals surface area contributed by atoms with Crippen molar-refractivity contribution >= 4 is 28.8 Å². The molecule has 11 nitrogen and oxygen atoms in total. The molecule has 51 heavy (non-hydrogen) atoms. The predicted molar refractivity (Wildman–Crippen MR) is 191 cm³/mol. The molecule has 3 aliphatic heterocycles. The minimum Gasteiger partial charge on any atom is -0.394 e. The van der Waals surface area contributed by atoms with Gasteiger partial charge in [-0.1, -0.05) is 97.1 Å². The first-order chi connectivity index (χ1) is 24.7. The minimum absolute atomic E-state index is 0.0408. The maximum atomic E-state index is 15.2. The highest BCUT2D eigenvalue weighted by Gasteiger charge is 2.80. The smallest absolute Gasteiger partial charge is 0.250 e. The predicted octanol–water partition coefficient (Wildman–Crippen LogP) is 4.36. The maximum absolute atomic E-state index is 15.2. The molecule has 3 amide bonds. The van der Waals surface area contributed by atoms with E-state index < -0.39 is 41.7 Å². The highest BCUT2D eigenvalue weighted by atomic mass is 16.5. The quantitative estimate of drug-likeness (QED) is 0.207. The van der Waals surface area contributed by atoms with Gasteiger partial charge in [0.1, 0.15) is 23.8 Å². The Morgan fingerprint density at radius 3 is 2.31 bits per heavy atom. The van der Waals surface area contributed by atoms with Crippen LogP contribution in [0.4, 0.5) is 0 Å². The Kier molecular flexibility index (Phi) is 9.11. The lowest BCUT2D eigenvalue weighted by atomic mass is 9.62. The fourth-order valence-corrected chi connectivity index (χ4v) is 8.82. The third kappa shape index (κ3) is 5.55. The van der Waals surface area contributed by atoms with Crippen LogP contribution in [-0.4, -0.2) is 89.5 Å². The molecule has 3 fully saturated rings. The first-order valence-electron chi connectivity index (χ1n) is 17.5. The topological polar surface area (TPSA) is 121 Å². The summed E-state index contributed by atoms with van der Waals surface area (Å²) in [7, 11) is 0. The summed E-state index contributed by atoms with van der Waals surface area (Å²) >= 11 is 0. The second kappa shape index (κ2) is 13.5. The summed E-state index contributed by atoms with van der Waals surface area (Å²) in [6.45, 7) is 12.1. The van der Waals surface area contributed by atoms with E-state index in [-0.39, 0.29) is 43.4 Å². The molecule has 3 aromatic carbocycles. The van der Waals surface area contributed by atoms with Gasteiger partial charge in [-0.05, 0) is 42.5 Å². The third-order valence-electron chi connectivity index (χ3n) is 11.2. The van der Waals surface area contributed by atoms with E-state index in [4.69, 9.17) is 4.74 Å². The number of aliphatic hydroxyl groups is 1. The molecule has 3 saturated heterocycles. The number of fused-ring (bicyclic) bond motifs is 2. The van der Waals surface area contributed by atoms with Crippen LogP contribution in [-0.2, 0) is 32.3 Å². The number of hydrogen-bond acceptors (Lipinski definition) is 7. The molecule has 3 aliphatic rings. The summed E-state index contributed by atoms with van der Waals surface area (Å²) in [4.78, 5) is 50.1. The molecule has 7 atom stereocenters. The fraction of sp³-hybridized carbons (Fsp3) is 0.375. The van der Waals surface area contributed by atoms with Crippen LogP contribution >= 0.6 is 0 Å². The zero-order valence-corrected chi connectivity index (χ0v) is 29.0. The van der Waals surface area contributed by atoms with E-state index in [1.807, 2.05) is 98.8 Å². The van der Waals surface area contributed by atoms with E-state index in [1.165, 1.54) is 4.90 Å². The second-order valence-electron chi connectivity index (χ2n) is 14.1. The lowest BCUT2D eigenvalue weighted by Crippen LogP contribution is -2.57. The van der Waals surface area contributed by atoms with Crippen LogP contribution in [0.3, 0.4) is 0 Å². The average molecular weight is 689 g/mol. The number of ether oxygens (including phenoxy) is 1. The third-order valence-corrected chi connectivity index (χ3v) is 11.2. The van der Waals surface area contributed by atoms with Gasteiger partial charge in [0.15, 0.2) is 0 Å². The van der Waals surface area contributed by atoms with Gasteiger partial charge in [-0.15, -0.1) is 18.3 Å². The van der Waals surface area contributed by atoms with Crippen molar-refractivity contribution in [2.45, 2.75) is 56.8 Å². The molecule has 2 bridgehead atoms. The van der Waals surface area contributed by atoms with Crippen molar-refractivity contribution < 1.29 is 24.2 Å². The Labute approximate surface area is 297 Å². The Hall–Kier alpha value is -5.13. The van der Waals surface area contributed by atoms with Gasteiger partial charge < -0.3 is 24.5 Å². The summed E-state index contributed by atoms with van der Waals surface area (Å²) in [6, 6.07) is 24.4. The van der Waals surface area contributed by atoms with E-state index >= 15 is 9.59 Å². The van der Waals surface area contributed by atoms with E-state index in [0.29, 0.717) is 24.0 Å². The van der Waals surface area contributed by atoms with Gasteiger partial charge in [0.05, 0.1) is 35.6 Å². The molecule has 1 N–H and O–H groups in total. The number of amides is 3. The van der Waals surface area contributed by atoms with Crippen LogP contribution in [0, 0.1) is 17.8 Å². The molecule has 1 aromatic heterocycles. The second-order valence-corrected chi connectivity index (χ2v) is 14.1. The lowest BCUT2D eigenvalue weighted by Gasteiger charge is -2.39. The first-order valence-corrected chi connectivity index (χ1v) is 17.5. The number of aliphatic hydroxyl groups excluding tert-OH is 1. The number of benzene rings is 3. The standard InChI is InChI=1S/C40H44N6O5/c1-5-21-43(24-28-15-9-7-10-16-28)36(48)33-34-37(49)46(32(25-47)29-17-11-8-12-18-29)35(40(34)23-27(3)39(33,4)51-40)38(50)44(22-6-2)26-45-31-20-14-13-19-30(31)41-42-45/h5-20,27,32-35,47H,1-2,21-26H2,3-4H3/t27?,32-,33-,34+,35?,39+,40?/m1/s1. The van der Waals surface area contributed by atoms with Gasteiger partial charge >= 0.3 is 0 Å². The number of para-hydroxylation sites is 1. The fourth-order valence-electron chi connectivity index (χ4n) is 8.82. The summed E-state index contributed by atoms with van der Waals surface area (Å²) in [5.74, 6) is -2.98. The van der Waals surface area contributed by atoms with Crippen LogP contribution in [0.1, 0.15) is 37.4 Å². The molecule has 3 unspecified atom stereocenters. The molecule has 7 rings (SSSR count). The van der Waals surface area contributed by atoms with Crippen molar-refractivity contribution in [1.82, 2.24) is 29.7 Å².